The van der Waals surface area contributed by atoms with E-state index in [0.717, 1.165) is 23.2 Å². The number of hydrogen-bond acceptors (Lipinski definition) is 3. The minimum Gasteiger partial charge on any atom is -0.504 e. The molecule has 0 saturated heterocycles. The number of anilines is 1. The van der Waals surface area contributed by atoms with Crippen LogP contribution in [0.25, 0.3) is 0 Å². The van der Waals surface area contributed by atoms with Crippen molar-refractivity contribution >= 4 is 40.5 Å². The van der Waals surface area contributed by atoms with Crippen molar-refractivity contribution in [3.63, 3.8) is 0 Å². The number of rotatable bonds is 2. The number of halogens is 3. The van der Waals surface area contributed by atoms with Crippen LogP contribution in [-0.4, -0.2) is 12.2 Å². The van der Waals surface area contributed by atoms with E-state index in [1.54, 1.807) is 19.2 Å². The van der Waals surface area contributed by atoms with Gasteiger partial charge in [-0.05, 0) is 36.1 Å². The van der Waals surface area contributed by atoms with Crippen LogP contribution in [0.15, 0.2) is 36.4 Å². The van der Waals surface area contributed by atoms with Crippen LogP contribution in [0.1, 0.15) is 29.5 Å². The highest BCUT2D eigenvalue weighted by Crippen LogP contribution is 2.55. The third kappa shape index (κ3) is 2.66. The van der Waals surface area contributed by atoms with Crippen LogP contribution in [0.5, 0.6) is 11.5 Å². The summed E-state index contributed by atoms with van der Waals surface area (Å²) in [6.45, 7) is 0. The predicted molar refractivity (Wildman–Crippen MR) is 102 cm³/mol. The Kier molecular flexibility index (Phi) is 4.27. The molecule has 2 N–H and O–H groups in total. The Morgan fingerprint density at radius 1 is 1.16 bits per heavy atom. The number of allylic oxidation sites excluding steroid dienone is 2. The van der Waals surface area contributed by atoms with Crippen LogP contribution >= 0.6 is 34.8 Å². The Morgan fingerprint density at radius 3 is 2.72 bits per heavy atom. The van der Waals surface area contributed by atoms with E-state index in [1.165, 1.54) is 0 Å². The van der Waals surface area contributed by atoms with E-state index in [1.807, 2.05) is 12.1 Å². The molecule has 0 aromatic heterocycles. The van der Waals surface area contributed by atoms with Crippen LogP contribution in [0, 0.1) is 5.92 Å². The summed E-state index contributed by atoms with van der Waals surface area (Å²) in [5.41, 5.74) is 2.81. The molecule has 1 heterocycles. The van der Waals surface area contributed by atoms with Crippen molar-refractivity contribution in [2.24, 2.45) is 5.92 Å². The van der Waals surface area contributed by atoms with Crippen molar-refractivity contribution in [3.05, 3.63) is 62.6 Å². The highest BCUT2D eigenvalue weighted by Gasteiger charge is 2.40. The maximum absolute atomic E-state index is 9.88. The fraction of sp³-hybridized carbons (Fsp3) is 0.263. The number of phenols is 1. The van der Waals surface area contributed by atoms with Gasteiger partial charge in [-0.2, -0.15) is 0 Å². The molecule has 1 aliphatic carbocycles. The fourth-order valence-electron chi connectivity index (χ4n) is 3.88. The van der Waals surface area contributed by atoms with E-state index in [9.17, 15) is 5.11 Å². The number of nitrogens with one attached hydrogen (secondary N) is 1. The molecule has 0 fully saturated rings. The molecule has 0 spiro atoms. The highest BCUT2D eigenvalue weighted by molar-refractivity contribution is 6.44. The lowest BCUT2D eigenvalue weighted by Crippen LogP contribution is -2.29. The zero-order valence-corrected chi connectivity index (χ0v) is 15.7. The molecule has 6 heteroatoms. The molecule has 25 heavy (non-hydrogen) atoms. The van der Waals surface area contributed by atoms with Gasteiger partial charge in [0.15, 0.2) is 11.5 Å². The standard InChI is InChI=1S/C19H16Cl3NO2/c1-25-15-7-9(5-6-14(15)24)18-11-4-2-3-10(11)16-17(22)12(20)8-13(21)19(16)23-18/h2-3,5-8,10-11,18,23-24H,4H2,1H3. The van der Waals surface area contributed by atoms with E-state index in [0.29, 0.717) is 20.8 Å². The summed E-state index contributed by atoms with van der Waals surface area (Å²) in [6.07, 6.45) is 5.26. The molecule has 0 bridgehead atoms. The molecule has 0 amide bonds. The second kappa shape index (κ2) is 6.31. The van der Waals surface area contributed by atoms with Gasteiger partial charge in [0.05, 0.1) is 33.9 Å². The van der Waals surface area contributed by atoms with Crippen molar-refractivity contribution < 1.29 is 9.84 Å². The average molecular weight is 397 g/mol. The lowest BCUT2D eigenvalue weighted by atomic mass is 9.77. The lowest BCUT2D eigenvalue weighted by Gasteiger charge is -2.38. The minimum atomic E-state index is 0.0248. The number of hydrogen-bond donors (Lipinski definition) is 2. The van der Waals surface area contributed by atoms with Gasteiger partial charge < -0.3 is 15.2 Å². The van der Waals surface area contributed by atoms with E-state index < -0.39 is 0 Å². The zero-order valence-electron chi connectivity index (χ0n) is 13.4. The first-order valence-corrected chi connectivity index (χ1v) is 9.12. The highest BCUT2D eigenvalue weighted by atomic mass is 35.5. The summed E-state index contributed by atoms with van der Waals surface area (Å²) in [6, 6.07) is 7.11. The fourth-order valence-corrected chi connectivity index (χ4v) is 4.69. The molecule has 4 rings (SSSR count). The van der Waals surface area contributed by atoms with Gasteiger partial charge >= 0.3 is 0 Å². The van der Waals surface area contributed by atoms with Gasteiger partial charge in [-0.1, -0.05) is 53.0 Å². The number of phenolic OH excluding ortho intramolecular Hbond substituents is 1. The first-order valence-electron chi connectivity index (χ1n) is 7.98. The Bertz CT molecular complexity index is 881. The Balaban J connectivity index is 1.84. The third-order valence-electron chi connectivity index (χ3n) is 5.04. The molecular weight excluding hydrogens is 381 g/mol. The van der Waals surface area contributed by atoms with Crippen molar-refractivity contribution in [2.45, 2.75) is 18.4 Å². The van der Waals surface area contributed by atoms with E-state index >= 15 is 0 Å². The second-order valence-electron chi connectivity index (χ2n) is 6.35. The summed E-state index contributed by atoms with van der Waals surface area (Å²) in [7, 11) is 1.54. The summed E-state index contributed by atoms with van der Waals surface area (Å²) >= 11 is 19.2. The smallest absolute Gasteiger partial charge is 0.160 e. The number of aromatic hydroxyl groups is 1. The van der Waals surface area contributed by atoms with E-state index in [-0.39, 0.29) is 23.6 Å². The zero-order chi connectivity index (χ0) is 17.7. The molecule has 3 nitrogen and oxygen atoms in total. The molecule has 2 aromatic rings. The lowest BCUT2D eigenvalue weighted by molar-refractivity contribution is 0.370. The van der Waals surface area contributed by atoms with Crippen molar-refractivity contribution in [1.29, 1.82) is 0 Å². The molecule has 2 aliphatic rings. The van der Waals surface area contributed by atoms with Crippen LogP contribution < -0.4 is 10.1 Å². The SMILES string of the molecule is COc1cc(C2Nc3c(Cl)cc(Cl)c(Cl)c3C3C=CCC32)ccc1O. The molecule has 3 unspecified atom stereocenters. The van der Waals surface area contributed by atoms with Gasteiger partial charge in [0.1, 0.15) is 0 Å². The molecule has 1 aliphatic heterocycles. The Hall–Kier alpha value is -1.55. The van der Waals surface area contributed by atoms with Gasteiger partial charge in [-0.3, -0.25) is 0 Å². The van der Waals surface area contributed by atoms with Crippen molar-refractivity contribution in [1.82, 2.24) is 0 Å². The number of ether oxygens (including phenoxy) is 1. The van der Waals surface area contributed by atoms with Crippen LogP contribution in [0.2, 0.25) is 15.1 Å². The van der Waals surface area contributed by atoms with Gasteiger partial charge in [0.2, 0.25) is 0 Å². The van der Waals surface area contributed by atoms with Crippen molar-refractivity contribution in [3.8, 4) is 11.5 Å². The van der Waals surface area contributed by atoms with Gasteiger partial charge in [0.25, 0.3) is 0 Å². The normalized spacial score (nSPS) is 23.8. The van der Waals surface area contributed by atoms with Gasteiger partial charge in [0, 0.05) is 11.5 Å². The number of fused-ring (bicyclic) bond motifs is 3. The largest absolute Gasteiger partial charge is 0.504 e. The Morgan fingerprint density at radius 2 is 1.96 bits per heavy atom. The molecule has 3 atom stereocenters. The van der Waals surface area contributed by atoms with Crippen molar-refractivity contribution in [2.75, 3.05) is 12.4 Å². The summed E-state index contributed by atoms with van der Waals surface area (Å²) in [5.74, 6) is 1.00. The van der Waals surface area contributed by atoms with E-state index in [2.05, 4.69) is 17.5 Å². The first-order chi connectivity index (χ1) is 12.0. The predicted octanol–water partition coefficient (Wildman–Crippen LogP) is 6.19. The maximum Gasteiger partial charge on any atom is 0.160 e. The summed E-state index contributed by atoms with van der Waals surface area (Å²) in [5, 5.41) is 15.0. The van der Waals surface area contributed by atoms with Crippen LogP contribution in [-0.2, 0) is 0 Å². The first kappa shape index (κ1) is 16.9. The summed E-state index contributed by atoms with van der Waals surface area (Å²) in [4.78, 5) is 0. The topological polar surface area (TPSA) is 41.5 Å². The van der Waals surface area contributed by atoms with Gasteiger partial charge in [-0.15, -0.1) is 0 Å². The third-order valence-corrected chi connectivity index (χ3v) is 6.15. The maximum atomic E-state index is 9.88. The number of methoxy groups -OCH3 is 1. The molecule has 130 valence electrons. The molecule has 0 saturated carbocycles. The molecule has 0 radical (unpaired) electrons. The molecular formula is C19H16Cl3NO2. The summed E-state index contributed by atoms with van der Waals surface area (Å²) < 4.78 is 5.26. The quantitative estimate of drug-likeness (QED) is 0.470. The minimum absolute atomic E-state index is 0.0248. The van der Waals surface area contributed by atoms with Gasteiger partial charge in [-0.25, -0.2) is 0 Å². The monoisotopic (exact) mass is 395 g/mol. The number of benzene rings is 2. The Labute approximate surface area is 161 Å². The molecule has 2 aromatic carbocycles. The second-order valence-corrected chi connectivity index (χ2v) is 7.54. The van der Waals surface area contributed by atoms with E-state index in [4.69, 9.17) is 39.5 Å². The van der Waals surface area contributed by atoms with Crippen LogP contribution in [0.4, 0.5) is 5.69 Å². The van der Waals surface area contributed by atoms with Crippen LogP contribution in [0.3, 0.4) is 0 Å². The average Bonchev–Trinajstić information content (AvgIpc) is 3.08.